The second kappa shape index (κ2) is 6.29. The summed E-state index contributed by atoms with van der Waals surface area (Å²) in [5, 5.41) is 0. The Morgan fingerprint density at radius 1 is 0.600 bits per heavy atom. The van der Waals surface area contributed by atoms with Gasteiger partial charge >= 0.3 is 0 Å². The summed E-state index contributed by atoms with van der Waals surface area (Å²) < 4.78 is 10.4. The first kappa shape index (κ1) is 14.2. The van der Waals surface area contributed by atoms with E-state index in [9.17, 15) is 0 Å². The molecule has 0 bridgehead atoms. The molecule has 0 atom stereocenters. The van der Waals surface area contributed by atoms with Gasteiger partial charge in [0.1, 0.15) is 11.5 Å². The molecule has 20 heavy (non-hydrogen) atoms. The summed E-state index contributed by atoms with van der Waals surface area (Å²) >= 11 is 0. The highest BCUT2D eigenvalue weighted by Gasteiger charge is 2.04. The molecule has 0 fully saturated rings. The van der Waals surface area contributed by atoms with Crippen molar-refractivity contribution in [2.45, 2.75) is 13.8 Å². The molecule has 2 rings (SSSR count). The van der Waals surface area contributed by atoms with Gasteiger partial charge in [-0.2, -0.15) is 0 Å². The first-order valence-corrected chi connectivity index (χ1v) is 6.62. The quantitative estimate of drug-likeness (QED) is 0.751. The molecule has 104 valence electrons. The standard InChI is InChI=1S/C18H20O2/c1-13(15-5-9-17(19-3)10-6-15)14(2)16-7-11-18(20-4)12-8-16/h5-12H,1-4H3/b14-13+. The lowest BCUT2D eigenvalue weighted by Crippen LogP contribution is -1.88. The van der Waals surface area contributed by atoms with Crippen molar-refractivity contribution in [1.29, 1.82) is 0 Å². The van der Waals surface area contributed by atoms with Crippen LogP contribution < -0.4 is 9.47 Å². The number of methoxy groups -OCH3 is 2. The summed E-state index contributed by atoms with van der Waals surface area (Å²) in [4.78, 5) is 0. The third kappa shape index (κ3) is 3.02. The summed E-state index contributed by atoms with van der Waals surface area (Å²) in [5.74, 6) is 1.76. The topological polar surface area (TPSA) is 18.5 Å². The van der Waals surface area contributed by atoms with E-state index in [2.05, 4.69) is 38.1 Å². The second-order valence-corrected chi connectivity index (χ2v) is 4.71. The van der Waals surface area contributed by atoms with Gasteiger partial charge in [0.2, 0.25) is 0 Å². The molecule has 0 radical (unpaired) electrons. The van der Waals surface area contributed by atoms with Crippen molar-refractivity contribution in [3.8, 4) is 11.5 Å². The fraction of sp³-hybridized carbons (Fsp3) is 0.222. The average molecular weight is 268 g/mol. The largest absolute Gasteiger partial charge is 0.497 e. The van der Waals surface area contributed by atoms with Crippen LogP contribution in [0.25, 0.3) is 11.1 Å². The van der Waals surface area contributed by atoms with Gasteiger partial charge in [-0.15, -0.1) is 0 Å². The van der Waals surface area contributed by atoms with E-state index in [1.165, 1.54) is 22.3 Å². The molecule has 0 aliphatic heterocycles. The molecule has 0 aromatic heterocycles. The Kier molecular flexibility index (Phi) is 4.46. The van der Waals surface area contributed by atoms with Crippen LogP contribution in [0.1, 0.15) is 25.0 Å². The highest BCUT2D eigenvalue weighted by Crippen LogP contribution is 2.27. The maximum absolute atomic E-state index is 5.19. The predicted molar refractivity (Wildman–Crippen MR) is 84.2 cm³/mol. The van der Waals surface area contributed by atoms with Gasteiger partial charge in [-0.05, 0) is 60.4 Å². The number of benzene rings is 2. The lowest BCUT2D eigenvalue weighted by molar-refractivity contribution is 0.414. The number of hydrogen-bond donors (Lipinski definition) is 0. The number of rotatable bonds is 4. The summed E-state index contributed by atoms with van der Waals surface area (Å²) in [5.41, 5.74) is 4.94. The third-order valence-electron chi connectivity index (χ3n) is 3.61. The molecule has 0 unspecified atom stereocenters. The van der Waals surface area contributed by atoms with E-state index in [4.69, 9.17) is 9.47 Å². The molecule has 2 aromatic rings. The van der Waals surface area contributed by atoms with Crippen LogP contribution in [0.4, 0.5) is 0 Å². The molecule has 2 aromatic carbocycles. The molecular weight excluding hydrogens is 248 g/mol. The van der Waals surface area contributed by atoms with Crippen LogP contribution in [0, 0.1) is 0 Å². The van der Waals surface area contributed by atoms with Crippen LogP contribution in [-0.2, 0) is 0 Å². The normalized spacial score (nSPS) is 11.8. The van der Waals surface area contributed by atoms with Crippen molar-refractivity contribution in [1.82, 2.24) is 0 Å². The second-order valence-electron chi connectivity index (χ2n) is 4.71. The number of hydrogen-bond acceptors (Lipinski definition) is 2. The van der Waals surface area contributed by atoms with Crippen molar-refractivity contribution in [2.75, 3.05) is 14.2 Å². The first-order chi connectivity index (χ1) is 9.65. The van der Waals surface area contributed by atoms with Gasteiger partial charge in [0, 0.05) is 0 Å². The molecule has 0 heterocycles. The Morgan fingerprint density at radius 3 is 1.15 bits per heavy atom. The van der Waals surface area contributed by atoms with Crippen LogP contribution in [0.15, 0.2) is 48.5 Å². The summed E-state index contributed by atoms with van der Waals surface area (Å²) in [6, 6.07) is 16.3. The van der Waals surface area contributed by atoms with E-state index in [1.54, 1.807) is 14.2 Å². The number of allylic oxidation sites excluding steroid dienone is 2. The van der Waals surface area contributed by atoms with Crippen molar-refractivity contribution in [3.05, 3.63) is 59.7 Å². The zero-order chi connectivity index (χ0) is 14.5. The molecule has 0 aliphatic rings. The van der Waals surface area contributed by atoms with Crippen molar-refractivity contribution in [2.24, 2.45) is 0 Å². The minimum atomic E-state index is 0.878. The van der Waals surface area contributed by atoms with Crippen LogP contribution >= 0.6 is 0 Å². The number of ether oxygens (including phenoxy) is 2. The Morgan fingerprint density at radius 2 is 0.900 bits per heavy atom. The molecule has 0 amide bonds. The van der Waals surface area contributed by atoms with Crippen LogP contribution in [0.5, 0.6) is 11.5 Å². The maximum Gasteiger partial charge on any atom is 0.118 e. The van der Waals surface area contributed by atoms with Crippen molar-refractivity contribution >= 4 is 11.1 Å². The van der Waals surface area contributed by atoms with E-state index < -0.39 is 0 Å². The zero-order valence-corrected chi connectivity index (χ0v) is 12.4. The van der Waals surface area contributed by atoms with E-state index >= 15 is 0 Å². The predicted octanol–water partition coefficient (Wildman–Crippen LogP) is 4.65. The molecular formula is C18H20O2. The van der Waals surface area contributed by atoms with Gasteiger partial charge in [0.15, 0.2) is 0 Å². The molecule has 0 saturated carbocycles. The minimum Gasteiger partial charge on any atom is -0.497 e. The van der Waals surface area contributed by atoms with Crippen LogP contribution in [0.3, 0.4) is 0 Å². The van der Waals surface area contributed by atoms with Gasteiger partial charge in [0.25, 0.3) is 0 Å². The molecule has 0 aliphatic carbocycles. The lowest BCUT2D eigenvalue weighted by atomic mass is 9.97. The molecule has 0 saturated heterocycles. The Hall–Kier alpha value is -2.22. The molecule has 0 spiro atoms. The zero-order valence-electron chi connectivity index (χ0n) is 12.4. The van der Waals surface area contributed by atoms with Crippen molar-refractivity contribution < 1.29 is 9.47 Å². The molecule has 0 N–H and O–H groups in total. The van der Waals surface area contributed by atoms with Crippen LogP contribution in [-0.4, -0.2) is 14.2 Å². The molecule has 2 heteroatoms. The van der Waals surface area contributed by atoms with Gasteiger partial charge < -0.3 is 9.47 Å². The van der Waals surface area contributed by atoms with Crippen LogP contribution in [0.2, 0.25) is 0 Å². The van der Waals surface area contributed by atoms with Gasteiger partial charge in [-0.3, -0.25) is 0 Å². The summed E-state index contributed by atoms with van der Waals surface area (Å²) in [6.07, 6.45) is 0. The third-order valence-corrected chi connectivity index (χ3v) is 3.61. The molecule has 2 nitrogen and oxygen atoms in total. The monoisotopic (exact) mass is 268 g/mol. The average Bonchev–Trinajstić information content (AvgIpc) is 2.53. The Balaban J connectivity index is 2.32. The lowest BCUT2D eigenvalue weighted by Gasteiger charge is -2.10. The Bertz CT molecular complexity index is 537. The fourth-order valence-electron chi connectivity index (χ4n) is 2.12. The van der Waals surface area contributed by atoms with E-state index in [1.807, 2.05) is 24.3 Å². The summed E-state index contributed by atoms with van der Waals surface area (Å²) in [7, 11) is 3.36. The van der Waals surface area contributed by atoms with Gasteiger partial charge in [-0.1, -0.05) is 24.3 Å². The summed E-state index contributed by atoms with van der Waals surface area (Å²) in [6.45, 7) is 4.28. The van der Waals surface area contributed by atoms with Gasteiger partial charge in [0.05, 0.1) is 14.2 Å². The minimum absolute atomic E-state index is 0.878. The van der Waals surface area contributed by atoms with Crippen molar-refractivity contribution in [3.63, 3.8) is 0 Å². The van der Waals surface area contributed by atoms with E-state index in [-0.39, 0.29) is 0 Å². The first-order valence-electron chi connectivity index (χ1n) is 6.62. The maximum atomic E-state index is 5.19. The Labute approximate surface area is 120 Å². The van der Waals surface area contributed by atoms with Gasteiger partial charge in [-0.25, -0.2) is 0 Å². The highest BCUT2D eigenvalue weighted by atomic mass is 16.5. The van der Waals surface area contributed by atoms with E-state index in [0.29, 0.717) is 0 Å². The highest BCUT2D eigenvalue weighted by molar-refractivity contribution is 5.88. The van der Waals surface area contributed by atoms with E-state index in [0.717, 1.165) is 11.5 Å². The SMILES string of the molecule is COc1ccc(/C(C)=C(\C)c2ccc(OC)cc2)cc1. The smallest absolute Gasteiger partial charge is 0.118 e. The fourth-order valence-corrected chi connectivity index (χ4v) is 2.12.